The first-order valence-electron chi connectivity index (χ1n) is 9.30. The summed E-state index contributed by atoms with van der Waals surface area (Å²) in [5.41, 5.74) is 0. The minimum Gasteiger partial charge on any atom is -0.463 e. The molecule has 0 aromatic heterocycles. The van der Waals surface area contributed by atoms with Crippen LogP contribution in [0.3, 0.4) is 0 Å². The largest absolute Gasteiger partial charge is 0.463 e. The van der Waals surface area contributed by atoms with Gasteiger partial charge >= 0.3 is 5.97 Å². The third-order valence-corrected chi connectivity index (χ3v) is 5.12. The van der Waals surface area contributed by atoms with Gasteiger partial charge in [-0.05, 0) is 56.3 Å². The van der Waals surface area contributed by atoms with E-state index in [1.54, 1.807) is 0 Å². The van der Waals surface area contributed by atoms with E-state index >= 15 is 0 Å². The van der Waals surface area contributed by atoms with E-state index in [0.717, 1.165) is 18.3 Å². The summed E-state index contributed by atoms with van der Waals surface area (Å²) in [6.07, 6.45) is 3.59. The van der Waals surface area contributed by atoms with Crippen molar-refractivity contribution in [2.24, 2.45) is 35.5 Å². The second kappa shape index (κ2) is 10.3. The Kier molecular flexibility index (Phi) is 10.0. The number of ether oxygens (including phenoxy) is 1. The van der Waals surface area contributed by atoms with E-state index in [1.165, 1.54) is 12.8 Å². The molecule has 0 saturated heterocycles. The van der Waals surface area contributed by atoms with Crippen molar-refractivity contribution in [1.82, 2.24) is 0 Å². The Hall–Kier alpha value is -0.530. The van der Waals surface area contributed by atoms with Crippen LogP contribution in [-0.4, -0.2) is 12.1 Å². The summed E-state index contributed by atoms with van der Waals surface area (Å²) in [7, 11) is 0. The van der Waals surface area contributed by atoms with E-state index in [-0.39, 0.29) is 18.0 Å². The first kappa shape index (κ1) is 21.5. The zero-order valence-corrected chi connectivity index (χ0v) is 16.5. The van der Waals surface area contributed by atoms with Gasteiger partial charge in [-0.2, -0.15) is 0 Å². The monoisotopic (exact) mass is 312 g/mol. The average Bonchev–Trinajstić information content (AvgIpc) is 2.35. The molecule has 22 heavy (non-hydrogen) atoms. The fourth-order valence-electron chi connectivity index (χ4n) is 3.62. The molecule has 0 bridgehead atoms. The highest BCUT2D eigenvalue weighted by Crippen LogP contribution is 2.32. The smallest absolute Gasteiger partial charge is 0.309 e. The number of carbonyl (C=O) groups excluding carboxylic acids is 1. The Morgan fingerprint density at radius 1 is 0.818 bits per heavy atom. The Labute approximate surface area is 139 Å². The van der Waals surface area contributed by atoms with Crippen molar-refractivity contribution in [1.29, 1.82) is 0 Å². The fourth-order valence-corrected chi connectivity index (χ4v) is 3.62. The highest BCUT2D eigenvalue weighted by atomic mass is 16.5. The van der Waals surface area contributed by atoms with Gasteiger partial charge in [-0.15, -0.1) is 0 Å². The highest BCUT2D eigenvalue weighted by molar-refractivity contribution is 5.73. The van der Waals surface area contributed by atoms with Crippen molar-refractivity contribution < 1.29 is 9.53 Å². The SMILES string of the molecule is CCC(C)C(C)CC(C)CC(C)C(C(=O)OC(C)C)C(C)C. The van der Waals surface area contributed by atoms with Crippen LogP contribution in [0.15, 0.2) is 0 Å². The van der Waals surface area contributed by atoms with Crippen LogP contribution < -0.4 is 0 Å². The molecule has 0 radical (unpaired) electrons. The predicted molar refractivity (Wildman–Crippen MR) is 95.7 cm³/mol. The molecular formula is C20H40O2. The highest BCUT2D eigenvalue weighted by Gasteiger charge is 2.31. The van der Waals surface area contributed by atoms with Crippen molar-refractivity contribution in [3.8, 4) is 0 Å². The van der Waals surface area contributed by atoms with E-state index in [2.05, 4.69) is 48.5 Å². The molecule has 0 aliphatic rings. The summed E-state index contributed by atoms with van der Waals surface area (Å²) >= 11 is 0. The van der Waals surface area contributed by atoms with Crippen LogP contribution in [0, 0.1) is 35.5 Å². The zero-order chi connectivity index (χ0) is 17.4. The molecule has 0 saturated carbocycles. The van der Waals surface area contributed by atoms with Gasteiger partial charge in [-0.3, -0.25) is 4.79 Å². The van der Waals surface area contributed by atoms with Gasteiger partial charge in [-0.1, -0.05) is 54.9 Å². The molecule has 0 N–H and O–H groups in total. The van der Waals surface area contributed by atoms with Crippen molar-refractivity contribution in [2.75, 3.05) is 0 Å². The van der Waals surface area contributed by atoms with Crippen LogP contribution in [0.5, 0.6) is 0 Å². The number of esters is 1. The van der Waals surface area contributed by atoms with Gasteiger partial charge in [0.2, 0.25) is 0 Å². The molecule has 0 fully saturated rings. The molecule has 2 nitrogen and oxygen atoms in total. The van der Waals surface area contributed by atoms with Crippen LogP contribution in [-0.2, 0) is 9.53 Å². The Bertz CT molecular complexity index is 309. The molecule has 5 unspecified atom stereocenters. The molecule has 0 heterocycles. The molecule has 0 aliphatic carbocycles. The molecule has 0 amide bonds. The number of carbonyl (C=O) groups is 1. The van der Waals surface area contributed by atoms with Gasteiger partial charge in [0.1, 0.15) is 0 Å². The third kappa shape index (κ3) is 7.65. The Balaban J connectivity index is 4.62. The molecule has 2 heteroatoms. The molecule has 0 spiro atoms. The van der Waals surface area contributed by atoms with Gasteiger partial charge in [0.25, 0.3) is 0 Å². The lowest BCUT2D eigenvalue weighted by atomic mass is 9.77. The van der Waals surface area contributed by atoms with Gasteiger partial charge in [0, 0.05) is 0 Å². The summed E-state index contributed by atoms with van der Waals surface area (Å²) in [4.78, 5) is 12.4. The third-order valence-electron chi connectivity index (χ3n) is 5.12. The summed E-state index contributed by atoms with van der Waals surface area (Å²) in [5, 5.41) is 0. The van der Waals surface area contributed by atoms with Crippen molar-refractivity contribution in [2.45, 2.75) is 87.7 Å². The van der Waals surface area contributed by atoms with E-state index in [0.29, 0.717) is 17.8 Å². The van der Waals surface area contributed by atoms with Gasteiger partial charge in [-0.25, -0.2) is 0 Å². The van der Waals surface area contributed by atoms with Crippen LogP contribution >= 0.6 is 0 Å². The zero-order valence-electron chi connectivity index (χ0n) is 16.5. The maximum atomic E-state index is 12.4. The van der Waals surface area contributed by atoms with E-state index in [9.17, 15) is 4.79 Å². The lowest BCUT2D eigenvalue weighted by Gasteiger charge is -2.30. The van der Waals surface area contributed by atoms with Crippen LogP contribution in [0.1, 0.15) is 81.6 Å². The van der Waals surface area contributed by atoms with Crippen molar-refractivity contribution in [3.63, 3.8) is 0 Å². The summed E-state index contributed by atoms with van der Waals surface area (Å²) in [6, 6.07) is 0. The minimum absolute atomic E-state index is 0.0142. The van der Waals surface area contributed by atoms with Crippen LogP contribution in [0.25, 0.3) is 0 Å². The quantitative estimate of drug-likeness (QED) is 0.466. The molecular weight excluding hydrogens is 272 g/mol. The number of hydrogen-bond acceptors (Lipinski definition) is 2. The molecule has 5 atom stereocenters. The van der Waals surface area contributed by atoms with Crippen LogP contribution in [0.4, 0.5) is 0 Å². The Morgan fingerprint density at radius 3 is 1.73 bits per heavy atom. The second-order valence-electron chi connectivity index (χ2n) is 8.17. The maximum absolute atomic E-state index is 12.4. The summed E-state index contributed by atoms with van der Waals surface area (Å²) < 4.78 is 5.47. The van der Waals surface area contributed by atoms with Crippen molar-refractivity contribution in [3.05, 3.63) is 0 Å². The molecule has 0 rings (SSSR count). The normalized spacial score (nSPS) is 18.9. The maximum Gasteiger partial charge on any atom is 0.309 e. The van der Waals surface area contributed by atoms with E-state index in [1.807, 2.05) is 13.8 Å². The lowest BCUT2D eigenvalue weighted by Crippen LogP contribution is -2.31. The predicted octanol–water partition coefficient (Wildman–Crippen LogP) is 5.94. The first-order valence-corrected chi connectivity index (χ1v) is 9.30. The number of rotatable bonds is 10. The minimum atomic E-state index is -0.0243. The molecule has 0 aromatic rings. The van der Waals surface area contributed by atoms with Gasteiger partial charge in [0.05, 0.1) is 12.0 Å². The first-order chi connectivity index (χ1) is 10.1. The van der Waals surface area contributed by atoms with Gasteiger partial charge < -0.3 is 4.74 Å². The topological polar surface area (TPSA) is 26.3 Å². The number of hydrogen-bond donors (Lipinski definition) is 0. The molecule has 132 valence electrons. The van der Waals surface area contributed by atoms with E-state index in [4.69, 9.17) is 4.74 Å². The summed E-state index contributed by atoms with van der Waals surface area (Å²) in [6.45, 7) is 19.7. The lowest BCUT2D eigenvalue weighted by molar-refractivity contribution is -0.156. The standard InChI is InChI=1S/C20H40O2/c1-10-16(7)17(8)11-15(6)12-18(9)19(13(2)3)20(21)22-14(4)5/h13-19H,10-12H2,1-9H3. The second-order valence-corrected chi connectivity index (χ2v) is 8.17. The average molecular weight is 313 g/mol. The van der Waals surface area contributed by atoms with Crippen molar-refractivity contribution >= 4 is 5.97 Å². The van der Waals surface area contributed by atoms with Crippen LogP contribution in [0.2, 0.25) is 0 Å². The summed E-state index contributed by atoms with van der Waals surface area (Å²) in [5.74, 6) is 2.92. The van der Waals surface area contributed by atoms with E-state index < -0.39 is 0 Å². The molecule has 0 aliphatic heterocycles. The fraction of sp³-hybridized carbons (Fsp3) is 0.950. The van der Waals surface area contributed by atoms with Gasteiger partial charge in [0.15, 0.2) is 0 Å². The molecule has 0 aromatic carbocycles. The Morgan fingerprint density at radius 2 is 1.32 bits per heavy atom.